The van der Waals surface area contributed by atoms with E-state index < -0.39 is 84.3 Å². The second kappa shape index (κ2) is 27.2. The highest BCUT2D eigenvalue weighted by Crippen LogP contribution is 2.13. The number of nitrogens with one attached hydrogen (secondary N) is 5. The summed E-state index contributed by atoms with van der Waals surface area (Å²) < 4.78 is 31.7. The molecule has 0 radical (unpaired) electrons. The number of unbranched alkanes of at least 4 members (excludes halogenated alkanes) is 1. The smallest absolute Gasteiger partial charge is 0.475 e. The van der Waals surface area contributed by atoms with Crippen LogP contribution in [0.4, 0.5) is 13.2 Å². The molecule has 6 atom stereocenters. The van der Waals surface area contributed by atoms with Gasteiger partial charge >= 0.3 is 12.1 Å². The number of carbonyl (C=O) groups is 7. The van der Waals surface area contributed by atoms with Crippen LogP contribution in [0.15, 0.2) is 30.3 Å². The van der Waals surface area contributed by atoms with Crippen LogP contribution in [0.3, 0.4) is 0 Å². The van der Waals surface area contributed by atoms with E-state index in [1.54, 1.807) is 6.92 Å². The molecule has 12 N–H and O–H groups in total. The van der Waals surface area contributed by atoms with Gasteiger partial charge in [0.15, 0.2) is 0 Å². The lowest BCUT2D eigenvalue weighted by atomic mass is 9.97. The Kier molecular flexibility index (Phi) is 25.1. The van der Waals surface area contributed by atoms with E-state index in [0.29, 0.717) is 38.0 Å². The number of thioether (sulfide) groups is 1. The van der Waals surface area contributed by atoms with Gasteiger partial charge in [0.2, 0.25) is 35.4 Å². The first-order valence-corrected chi connectivity index (χ1v) is 19.6. The molecule has 6 amide bonds. The number of benzene rings is 1. The van der Waals surface area contributed by atoms with Gasteiger partial charge in [-0.1, -0.05) is 70.9 Å². The van der Waals surface area contributed by atoms with Gasteiger partial charge in [-0.15, -0.1) is 0 Å². The number of aliphatic carboxylic acids is 1. The third-order valence-corrected chi connectivity index (χ3v) is 8.95. The number of carbonyl (C=O) groups excluding carboxylic acids is 6. The molecular weight excluding hydrogens is 762 g/mol. The molecule has 0 saturated heterocycles. The van der Waals surface area contributed by atoms with Crippen molar-refractivity contribution < 1.29 is 51.8 Å². The predicted molar refractivity (Wildman–Crippen MR) is 207 cm³/mol. The molecule has 1 rings (SSSR count). The standard InChI is InChI=1S/C34H58N8O6S.C2HF3O2/c1-6-22(4)29(42-33(47)27(19-23-12-8-7-9-13-23)41-31(45)24(36)14-10-11-16-35)34(48)38-20-28(43)39-26(18-21(2)3)32(46)40-25(30(37)44)15-17-49-5;3-2(4,5)1(6)7/h7-9,12-13,21-22,24-27,29H,6,10-11,14-20,35-36H2,1-5H3,(H2,37,44)(H,38,48)(H,39,43)(H,40,46)(H,41,45)(H,42,47);(H,6,7)/t22-,24-,25-,26-,27-,29-;/m0./s1. The van der Waals surface area contributed by atoms with Crippen molar-refractivity contribution in [1.29, 1.82) is 0 Å². The summed E-state index contributed by atoms with van der Waals surface area (Å²) in [6.07, 6.45) is -0.0863. The lowest BCUT2D eigenvalue weighted by Crippen LogP contribution is -2.58. The second-order valence-electron chi connectivity index (χ2n) is 13.5. The molecular formula is C36H59F3N8O8S. The average molecular weight is 821 g/mol. The molecule has 0 bridgehead atoms. The van der Waals surface area contributed by atoms with Gasteiger partial charge < -0.3 is 48.9 Å². The van der Waals surface area contributed by atoms with E-state index in [0.717, 1.165) is 12.0 Å². The number of hydrogen-bond donors (Lipinski definition) is 9. The van der Waals surface area contributed by atoms with Gasteiger partial charge in [-0.05, 0) is 61.6 Å². The third kappa shape index (κ3) is 21.6. The fourth-order valence-corrected chi connectivity index (χ4v) is 5.42. The highest BCUT2D eigenvalue weighted by atomic mass is 32.2. The number of hydrogen-bond acceptors (Lipinski definition) is 10. The minimum atomic E-state index is -5.08. The van der Waals surface area contributed by atoms with Gasteiger partial charge in [0.1, 0.15) is 24.2 Å². The second-order valence-corrected chi connectivity index (χ2v) is 14.5. The summed E-state index contributed by atoms with van der Waals surface area (Å²) in [5.41, 5.74) is 17.9. The molecule has 318 valence electrons. The first-order valence-electron chi connectivity index (χ1n) is 18.2. The number of alkyl halides is 3. The first kappa shape index (κ1) is 51.6. The molecule has 0 aliphatic rings. The molecule has 0 unspecified atom stereocenters. The van der Waals surface area contributed by atoms with E-state index in [4.69, 9.17) is 27.1 Å². The van der Waals surface area contributed by atoms with E-state index in [1.807, 2.05) is 57.4 Å². The van der Waals surface area contributed by atoms with Crippen LogP contribution in [0.1, 0.15) is 71.8 Å². The molecule has 0 saturated carbocycles. The Morgan fingerprint density at radius 3 is 1.89 bits per heavy atom. The summed E-state index contributed by atoms with van der Waals surface area (Å²) in [7, 11) is 0. The van der Waals surface area contributed by atoms with Gasteiger partial charge in [-0.25, -0.2) is 4.79 Å². The van der Waals surface area contributed by atoms with Crippen molar-refractivity contribution >= 4 is 53.2 Å². The molecule has 0 aliphatic carbocycles. The summed E-state index contributed by atoms with van der Waals surface area (Å²) in [4.78, 5) is 86.8. The maximum Gasteiger partial charge on any atom is 0.490 e. The van der Waals surface area contributed by atoms with Gasteiger partial charge in [0.05, 0.1) is 12.6 Å². The number of primary amides is 1. The molecule has 0 aromatic heterocycles. The van der Waals surface area contributed by atoms with Crippen LogP contribution in [0.25, 0.3) is 0 Å². The van der Waals surface area contributed by atoms with Gasteiger partial charge in [0.25, 0.3) is 0 Å². The largest absolute Gasteiger partial charge is 0.490 e. The Labute approximate surface area is 330 Å². The van der Waals surface area contributed by atoms with Crippen LogP contribution < -0.4 is 43.8 Å². The molecule has 20 heteroatoms. The van der Waals surface area contributed by atoms with Gasteiger partial charge in [-0.2, -0.15) is 24.9 Å². The maximum atomic E-state index is 13.6. The average Bonchev–Trinajstić information content (AvgIpc) is 3.13. The van der Waals surface area contributed by atoms with Crippen LogP contribution in [-0.4, -0.2) is 108 Å². The van der Waals surface area contributed by atoms with Crippen molar-refractivity contribution in [3.63, 3.8) is 0 Å². The summed E-state index contributed by atoms with van der Waals surface area (Å²) in [6, 6.07) is 4.42. The minimum Gasteiger partial charge on any atom is -0.475 e. The lowest BCUT2D eigenvalue weighted by molar-refractivity contribution is -0.192. The number of halogens is 3. The minimum absolute atomic E-state index is 0.0266. The third-order valence-electron chi connectivity index (χ3n) is 8.31. The summed E-state index contributed by atoms with van der Waals surface area (Å²) in [5.74, 6) is -5.95. The van der Waals surface area contributed by atoms with Crippen molar-refractivity contribution in [2.45, 2.75) is 109 Å². The molecule has 0 aliphatic heterocycles. The van der Waals surface area contributed by atoms with Crippen LogP contribution in [0.2, 0.25) is 0 Å². The van der Waals surface area contributed by atoms with E-state index in [-0.39, 0.29) is 24.7 Å². The zero-order valence-electron chi connectivity index (χ0n) is 32.6. The first-order chi connectivity index (χ1) is 26.2. The van der Waals surface area contributed by atoms with E-state index >= 15 is 0 Å². The van der Waals surface area contributed by atoms with E-state index in [2.05, 4.69) is 26.6 Å². The number of rotatable bonds is 24. The van der Waals surface area contributed by atoms with Crippen LogP contribution >= 0.6 is 11.8 Å². The van der Waals surface area contributed by atoms with Crippen molar-refractivity contribution in [2.24, 2.45) is 29.0 Å². The lowest BCUT2D eigenvalue weighted by Gasteiger charge is -2.27. The van der Waals surface area contributed by atoms with E-state index in [9.17, 15) is 41.9 Å². The Bertz CT molecular complexity index is 1410. The van der Waals surface area contributed by atoms with Crippen molar-refractivity contribution in [2.75, 3.05) is 25.1 Å². The van der Waals surface area contributed by atoms with Crippen molar-refractivity contribution in [1.82, 2.24) is 26.6 Å². The Hall–Kier alpha value is -4.43. The van der Waals surface area contributed by atoms with Gasteiger partial charge in [0, 0.05) is 6.42 Å². The topological polar surface area (TPSA) is 278 Å². The molecule has 0 heterocycles. The summed E-state index contributed by atoms with van der Waals surface area (Å²) >= 11 is 1.51. The normalized spacial score (nSPS) is 14.3. The van der Waals surface area contributed by atoms with Crippen LogP contribution in [0.5, 0.6) is 0 Å². The molecule has 56 heavy (non-hydrogen) atoms. The maximum absolute atomic E-state index is 13.6. The molecule has 16 nitrogen and oxygen atoms in total. The summed E-state index contributed by atoms with van der Waals surface area (Å²) in [5, 5.41) is 20.5. The Balaban J connectivity index is 0.00000392. The van der Waals surface area contributed by atoms with Crippen molar-refractivity contribution in [3.8, 4) is 0 Å². The zero-order chi connectivity index (χ0) is 43.0. The van der Waals surface area contributed by atoms with E-state index in [1.165, 1.54) is 11.8 Å². The fourth-order valence-electron chi connectivity index (χ4n) is 4.95. The molecule has 1 aromatic rings. The number of carboxylic acids is 1. The monoisotopic (exact) mass is 820 g/mol. The number of carboxylic acid groups (broad SMARTS) is 1. The van der Waals surface area contributed by atoms with Crippen molar-refractivity contribution in [3.05, 3.63) is 35.9 Å². The molecule has 1 aromatic carbocycles. The quantitative estimate of drug-likeness (QED) is 0.0655. The van der Waals surface area contributed by atoms with Crippen LogP contribution in [-0.2, 0) is 40.0 Å². The molecule has 0 fully saturated rings. The predicted octanol–water partition coefficient (Wildman–Crippen LogP) is 0.705. The number of amides is 6. The SMILES string of the molecule is CC[C@H](C)[C@H](NC(=O)[C@H](Cc1ccccc1)NC(=O)[C@@H](N)CCCCN)C(=O)NCC(=O)N[C@@H](CC(C)C)C(=O)N[C@@H](CCSC)C(N)=O.O=C(O)C(F)(F)F. The Morgan fingerprint density at radius 2 is 1.39 bits per heavy atom. The Morgan fingerprint density at radius 1 is 0.821 bits per heavy atom. The zero-order valence-corrected chi connectivity index (χ0v) is 33.4. The highest BCUT2D eigenvalue weighted by Gasteiger charge is 2.38. The fraction of sp³-hybridized carbons (Fsp3) is 0.639. The molecule has 0 spiro atoms. The van der Waals surface area contributed by atoms with Gasteiger partial charge in [-0.3, -0.25) is 28.8 Å². The number of nitrogens with two attached hydrogens (primary N) is 3. The highest BCUT2D eigenvalue weighted by molar-refractivity contribution is 7.98. The van der Waals surface area contributed by atoms with Crippen LogP contribution in [0, 0.1) is 11.8 Å². The summed E-state index contributed by atoms with van der Waals surface area (Å²) in [6.45, 7) is 7.44.